The van der Waals surface area contributed by atoms with Crippen LogP contribution in [0.2, 0.25) is 0 Å². The highest BCUT2D eigenvalue weighted by Gasteiger charge is 2.05. The molecule has 2 rings (SSSR count). The molecule has 1 amide bonds. The summed E-state index contributed by atoms with van der Waals surface area (Å²) in [5, 5.41) is 2.92. The molecular formula is C18H22N2O2. The zero-order chi connectivity index (χ0) is 15.9. The molecule has 0 spiro atoms. The molecule has 0 fully saturated rings. The number of nitrogens with one attached hydrogen (secondary N) is 1. The average molecular weight is 298 g/mol. The van der Waals surface area contributed by atoms with Crippen LogP contribution in [0.25, 0.3) is 0 Å². The number of hydrogen-bond acceptors (Lipinski definition) is 3. The van der Waals surface area contributed by atoms with Crippen LogP contribution in [-0.4, -0.2) is 13.0 Å². The number of amides is 1. The minimum atomic E-state index is 0.0159. The SMILES string of the molecule is COc1ccc(CCCC(=O)Nc2cc(N)ccc2C)cc1. The van der Waals surface area contributed by atoms with Crippen LogP contribution in [0.5, 0.6) is 5.75 Å². The van der Waals surface area contributed by atoms with Gasteiger partial charge in [0, 0.05) is 17.8 Å². The third-order valence-electron chi connectivity index (χ3n) is 3.56. The van der Waals surface area contributed by atoms with Crippen molar-refractivity contribution in [2.24, 2.45) is 0 Å². The number of carbonyl (C=O) groups excluding carboxylic acids is 1. The summed E-state index contributed by atoms with van der Waals surface area (Å²) in [5.41, 5.74) is 9.39. The van der Waals surface area contributed by atoms with Crippen molar-refractivity contribution in [2.75, 3.05) is 18.2 Å². The van der Waals surface area contributed by atoms with Gasteiger partial charge in [0.1, 0.15) is 5.75 Å². The van der Waals surface area contributed by atoms with Crippen LogP contribution >= 0.6 is 0 Å². The lowest BCUT2D eigenvalue weighted by molar-refractivity contribution is -0.116. The zero-order valence-electron chi connectivity index (χ0n) is 13.1. The second-order valence-electron chi connectivity index (χ2n) is 5.32. The van der Waals surface area contributed by atoms with E-state index in [4.69, 9.17) is 10.5 Å². The van der Waals surface area contributed by atoms with E-state index in [1.165, 1.54) is 5.56 Å². The number of benzene rings is 2. The Kier molecular flexibility index (Phi) is 5.42. The number of anilines is 2. The highest BCUT2D eigenvalue weighted by molar-refractivity contribution is 5.92. The molecular weight excluding hydrogens is 276 g/mol. The summed E-state index contributed by atoms with van der Waals surface area (Å²) in [4.78, 5) is 12.0. The number of carbonyl (C=O) groups is 1. The van der Waals surface area contributed by atoms with Crippen molar-refractivity contribution in [3.63, 3.8) is 0 Å². The van der Waals surface area contributed by atoms with Crippen LogP contribution in [0.4, 0.5) is 11.4 Å². The van der Waals surface area contributed by atoms with Gasteiger partial charge >= 0.3 is 0 Å². The molecule has 0 aliphatic heterocycles. The van der Waals surface area contributed by atoms with E-state index in [1.54, 1.807) is 13.2 Å². The van der Waals surface area contributed by atoms with Gasteiger partial charge in [0.2, 0.25) is 5.91 Å². The molecule has 0 aliphatic carbocycles. The second kappa shape index (κ2) is 7.50. The summed E-state index contributed by atoms with van der Waals surface area (Å²) < 4.78 is 5.12. The maximum Gasteiger partial charge on any atom is 0.224 e. The van der Waals surface area contributed by atoms with Crippen LogP contribution in [0.1, 0.15) is 24.0 Å². The number of methoxy groups -OCH3 is 1. The highest BCUT2D eigenvalue weighted by atomic mass is 16.5. The largest absolute Gasteiger partial charge is 0.497 e. The van der Waals surface area contributed by atoms with Crippen molar-refractivity contribution in [3.05, 3.63) is 53.6 Å². The Balaban J connectivity index is 1.81. The minimum Gasteiger partial charge on any atom is -0.497 e. The van der Waals surface area contributed by atoms with Crippen LogP contribution in [0.3, 0.4) is 0 Å². The topological polar surface area (TPSA) is 64.3 Å². The molecule has 2 aromatic rings. The minimum absolute atomic E-state index is 0.0159. The first-order valence-corrected chi connectivity index (χ1v) is 7.37. The molecule has 0 bridgehead atoms. The number of hydrogen-bond donors (Lipinski definition) is 2. The van der Waals surface area contributed by atoms with Crippen molar-refractivity contribution in [3.8, 4) is 5.75 Å². The fourth-order valence-corrected chi connectivity index (χ4v) is 2.23. The van der Waals surface area contributed by atoms with E-state index >= 15 is 0 Å². The number of aryl methyl sites for hydroxylation is 2. The van der Waals surface area contributed by atoms with Crippen molar-refractivity contribution >= 4 is 17.3 Å². The monoisotopic (exact) mass is 298 g/mol. The highest BCUT2D eigenvalue weighted by Crippen LogP contribution is 2.19. The molecule has 0 atom stereocenters. The van der Waals surface area contributed by atoms with Crippen LogP contribution < -0.4 is 15.8 Å². The molecule has 3 N–H and O–H groups in total. The van der Waals surface area contributed by atoms with Gasteiger partial charge in [-0.25, -0.2) is 0 Å². The van der Waals surface area contributed by atoms with Gasteiger partial charge in [-0.2, -0.15) is 0 Å². The summed E-state index contributed by atoms with van der Waals surface area (Å²) in [7, 11) is 1.65. The molecule has 2 aromatic carbocycles. The van der Waals surface area contributed by atoms with E-state index in [0.717, 1.165) is 29.8 Å². The first kappa shape index (κ1) is 15.9. The molecule has 4 nitrogen and oxygen atoms in total. The van der Waals surface area contributed by atoms with E-state index in [2.05, 4.69) is 5.32 Å². The van der Waals surface area contributed by atoms with Crippen molar-refractivity contribution < 1.29 is 9.53 Å². The predicted molar refractivity (Wildman–Crippen MR) is 90.2 cm³/mol. The lowest BCUT2D eigenvalue weighted by atomic mass is 10.1. The normalized spacial score (nSPS) is 10.3. The molecule has 0 saturated carbocycles. The zero-order valence-corrected chi connectivity index (χ0v) is 13.1. The number of rotatable bonds is 6. The van der Waals surface area contributed by atoms with Gasteiger partial charge in [0.05, 0.1) is 7.11 Å². The lowest BCUT2D eigenvalue weighted by Crippen LogP contribution is -2.12. The van der Waals surface area contributed by atoms with Crippen LogP contribution in [-0.2, 0) is 11.2 Å². The molecule has 116 valence electrons. The molecule has 0 unspecified atom stereocenters. The summed E-state index contributed by atoms with van der Waals surface area (Å²) in [6.07, 6.45) is 2.16. The molecule has 4 heteroatoms. The van der Waals surface area contributed by atoms with Crippen molar-refractivity contribution in [2.45, 2.75) is 26.2 Å². The molecule has 0 saturated heterocycles. The maximum absolute atomic E-state index is 12.0. The summed E-state index contributed by atoms with van der Waals surface area (Å²) in [6.45, 7) is 1.95. The summed E-state index contributed by atoms with van der Waals surface area (Å²) >= 11 is 0. The van der Waals surface area contributed by atoms with Gasteiger partial charge in [-0.3, -0.25) is 4.79 Å². The summed E-state index contributed by atoms with van der Waals surface area (Å²) in [5.74, 6) is 0.862. The van der Waals surface area contributed by atoms with E-state index in [0.29, 0.717) is 12.1 Å². The van der Waals surface area contributed by atoms with Gasteiger partial charge in [-0.05, 0) is 55.2 Å². The maximum atomic E-state index is 12.0. The molecule has 0 aromatic heterocycles. The Morgan fingerprint density at radius 3 is 2.59 bits per heavy atom. The number of nitrogens with two attached hydrogens (primary N) is 1. The molecule has 0 aliphatic rings. The van der Waals surface area contributed by atoms with Crippen molar-refractivity contribution in [1.29, 1.82) is 0 Å². The van der Waals surface area contributed by atoms with Crippen LogP contribution in [0, 0.1) is 6.92 Å². The second-order valence-corrected chi connectivity index (χ2v) is 5.32. The Hall–Kier alpha value is -2.49. The summed E-state index contributed by atoms with van der Waals surface area (Å²) in [6, 6.07) is 13.4. The average Bonchev–Trinajstić information content (AvgIpc) is 2.51. The molecule has 0 radical (unpaired) electrons. The van der Waals surface area contributed by atoms with Gasteiger partial charge < -0.3 is 15.8 Å². The van der Waals surface area contributed by atoms with Gasteiger partial charge in [-0.1, -0.05) is 18.2 Å². The lowest BCUT2D eigenvalue weighted by Gasteiger charge is -2.09. The Morgan fingerprint density at radius 1 is 1.18 bits per heavy atom. The molecule has 22 heavy (non-hydrogen) atoms. The Labute approximate surface area is 131 Å². The Morgan fingerprint density at radius 2 is 1.91 bits per heavy atom. The predicted octanol–water partition coefficient (Wildman–Crippen LogP) is 3.55. The van der Waals surface area contributed by atoms with E-state index < -0.39 is 0 Å². The van der Waals surface area contributed by atoms with Crippen LogP contribution in [0.15, 0.2) is 42.5 Å². The first-order valence-electron chi connectivity index (χ1n) is 7.37. The fourth-order valence-electron chi connectivity index (χ4n) is 2.23. The third-order valence-corrected chi connectivity index (χ3v) is 3.56. The van der Waals surface area contributed by atoms with E-state index in [-0.39, 0.29) is 5.91 Å². The van der Waals surface area contributed by atoms with Gasteiger partial charge in [-0.15, -0.1) is 0 Å². The van der Waals surface area contributed by atoms with Crippen molar-refractivity contribution in [1.82, 2.24) is 0 Å². The number of nitrogen functional groups attached to an aromatic ring is 1. The number of ether oxygens (including phenoxy) is 1. The molecule has 0 heterocycles. The van der Waals surface area contributed by atoms with E-state index in [9.17, 15) is 4.79 Å². The van der Waals surface area contributed by atoms with E-state index in [1.807, 2.05) is 43.3 Å². The standard InChI is InChI=1S/C18H22N2O2/c1-13-6-9-15(19)12-17(13)20-18(21)5-3-4-14-7-10-16(22-2)11-8-14/h6-12H,3-5,19H2,1-2H3,(H,20,21). The Bertz CT molecular complexity index is 636. The van der Waals surface area contributed by atoms with Gasteiger partial charge in [0.15, 0.2) is 0 Å². The quantitative estimate of drug-likeness (QED) is 0.802. The first-order chi connectivity index (χ1) is 10.6. The van der Waals surface area contributed by atoms with Gasteiger partial charge in [0.25, 0.3) is 0 Å². The fraction of sp³-hybridized carbons (Fsp3) is 0.278. The third kappa shape index (κ3) is 4.52. The smallest absolute Gasteiger partial charge is 0.224 e.